The maximum atomic E-state index is 12.8. The van der Waals surface area contributed by atoms with E-state index in [2.05, 4.69) is 74.1 Å². The zero-order chi connectivity index (χ0) is 31.7. The van der Waals surface area contributed by atoms with E-state index in [4.69, 9.17) is 14.2 Å². The Bertz CT molecular complexity index is 1200. The predicted octanol–water partition coefficient (Wildman–Crippen LogP) is 7.18. The summed E-state index contributed by atoms with van der Waals surface area (Å²) in [6.45, 7) is 22.9. The molecular formula is C35H51NO6. The third-order valence-electron chi connectivity index (χ3n) is 8.05. The summed E-state index contributed by atoms with van der Waals surface area (Å²) < 4.78 is 18.1. The quantitative estimate of drug-likeness (QED) is 0.331. The lowest BCUT2D eigenvalue weighted by atomic mass is 9.77. The highest BCUT2D eigenvalue weighted by atomic mass is 16.6. The van der Waals surface area contributed by atoms with Crippen LogP contribution in [-0.2, 0) is 25.1 Å². The predicted molar refractivity (Wildman–Crippen MR) is 166 cm³/mol. The van der Waals surface area contributed by atoms with Gasteiger partial charge in [0.2, 0.25) is 0 Å². The number of benzene rings is 2. The van der Waals surface area contributed by atoms with Crippen molar-refractivity contribution >= 4 is 11.9 Å². The summed E-state index contributed by atoms with van der Waals surface area (Å²) in [6, 6.07) is 12.8. The van der Waals surface area contributed by atoms with Crippen LogP contribution in [0.1, 0.15) is 110 Å². The number of phenolic OH excluding ortho intramolecular Hbond substituents is 1. The van der Waals surface area contributed by atoms with E-state index in [0.717, 1.165) is 11.1 Å². The molecule has 0 saturated carbocycles. The second-order valence-electron chi connectivity index (χ2n) is 14.9. The second-order valence-corrected chi connectivity index (χ2v) is 14.9. The normalized spacial score (nSPS) is 18.3. The van der Waals surface area contributed by atoms with E-state index in [1.165, 1.54) is 6.92 Å². The smallest absolute Gasteiger partial charge is 0.338 e. The molecule has 0 amide bonds. The number of piperidine rings is 1. The number of carbonyl (C=O) groups excluding carboxylic acids is 2. The molecule has 2 aromatic rings. The summed E-state index contributed by atoms with van der Waals surface area (Å²) in [5, 5.41) is 11.1. The van der Waals surface area contributed by atoms with Crippen LogP contribution in [0.25, 0.3) is 0 Å². The van der Waals surface area contributed by atoms with Gasteiger partial charge in [0.1, 0.15) is 30.3 Å². The maximum absolute atomic E-state index is 12.8. The molecule has 1 N–H and O–H groups in total. The van der Waals surface area contributed by atoms with E-state index >= 15 is 0 Å². The number of hydrogen-bond donors (Lipinski definition) is 1. The molecule has 232 valence electrons. The van der Waals surface area contributed by atoms with Gasteiger partial charge in [-0.1, -0.05) is 59.7 Å². The monoisotopic (exact) mass is 581 g/mol. The number of hydrogen-bond acceptors (Lipinski definition) is 7. The number of aromatic hydroxyl groups is 1. The SMILES string of the molecule is CC(=O)OC(COc1cc(C(C)(C)C)c(O)c(C(C)(C)C)c1)CN1C(C)(C)CC(OC(=O)c2ccccc2)CC1(C)C. The molecule has 1 aliphatic heterocycles. The zero-order valence-electron chi connectivity index (χ0n) is 27.5. The van der Waals surface area contributed by atoms with Crippen LogP contribution in [0.4, 0.5) is 0 Å². The molecule has 0 bridgehead atoms. The van der Waals surface area contributed by atoms with Crippen molar-refractivity contribution in [2.24, 2.45) is 0 Å². The molecule has 42 heavy (non-hydrogen) atoms. The molecule has 0 aliphatic carbocycles. The maximum Gasteiger partial charge on any atom is 0.338 e. The Morgan fingerprint density at radius 1 is 0.929 bits per heavy atom. The summed E-state index contributed by atoms with van der Waals surface area (Å²) in [5.74, 6) is 0.232. The lowest BCUT2D eigenvalue weighted by Gasteiger charge is -2.55. The molecule has 2 aromatic carbocycles. The van der Waals surface area contributed by atoms with E-state index in [1.54, 1.807) is 12.1 Å². The van der Waals surface area contributed by atoms with Gasteiger partial charge in [-0.3, -0.25) is 9.69 Å². The number of esters is 2. The van der Waals surface area contributed by atoms with Gasteiger partial charge >= 0.3 is 11.9 Å². The van der Waals surface area contributed by atoms with Gasteiger partial charge in [-0.15, -0.1) is 0 Å². The van der Waals surface area contributed by atoms with Crippen LogP contribution in [0.3, 0.4) is 0 Å². The first-order chi connectivity index (χ1) is 19.2. The Balaban J connectivity index is 1.81. The van der Waals surface area contributed by atoms with Crippen LogP contribution in [0.5, 0.6) is 11.5 Å². The molecular weight excluding hydrogens is 530 g/mol. The van der Waals surface area contributed by atoms with Gasteiger partial charge in [0.25, 0.3) is 0 Å². The zero-order valence-corrected chi connectivity index (χ0v) is 27.5. The highest BCUT2D eigenvalue weighted by Crippen LogP contribution is 2.42. The molecule has 1 atom stereocenters. The average molecular weight is 582 g/mol. The van der Waals surface area contributed by atoms with Crippen LogP contribution in [0.2, 0.25) is 0 Å². The van der Waals surface area contributed by atoms with Gasteiger partial charge in [0.15, 0.2) is 0 Å². The minimum atomic E-state index is -0.533. The van der Waals surface area contributed by atoms with E-state index in [-0.39, 0.29) is 46.6 Å². The standard InChI is InChI=1S/C35H51NO6/c1-23(37)41-27(22-40-25-17-28(32(2,3)4)30(38)29(18-25)33(5,6)7)21-36-34(8,9)19-26(20-35(36,10)11)42-31(39)24-15-13-12-14-16-24/h12-18,26-27,38H,19-22H2,1-11H3. The Labute approximate surface area is 252 Å². The molecule has 1 heterocycles. The molecule has 3 rings (SSSR count). The van der Waals surface area contributed by atoms with Gasteiger partial charge in [0, 0.05) is 48.5 Å². The van der Waals surface area contributed by atoms with Gasteiger partial charge in [-0.2, -0.15) is 0 Å². The number of likely N-dealkylation sites (tertiary alicyclic amines) is 1. The summed E-state index contributed by atoms with van der Waals surface area (Å²) >= 11 is 0. The topological polar surface area (TPSA) is 85.3 Å². The van der Waals surface area contributed by atoms with E-state index in [0.29, 0.717) is 36.4 Å². The van der Waals surface area contributed by atoms with Crippen LogP contribution in [0.15, 0.2) is 42.5 Å². The second kappa shape index (κ2) is 12.3. The molecule has 1 fully saturated rings. The minimum absolute atomic E-state index is 0.159. The van der Waals surface area contributed by atoms with Crippen LogP contribution < -0.4 is 4.74 Å². The first kappa shape index (κ1) is 33.4. The van der Waals surface area contributed by atoms with Crippen molar-refractivity contribution in [1.29, 1.82) is 0 Å². The molecule has 7 heteroatoms. The fourth-order valence-electron chi connectivity index (χ4n) is 6.18. The van der Waals surface area contributed by atoms with Crippen molar-refractivity contribution in [3.63, 3.8) is 0 Å². The Morgan fingerprint density at radius 2 is 1.43 bits per heavy atom. The minimum Gasteiger partial charge on any atom is -0.507 e. The molecule has 0 radical (unpaired) electrons. The lowest BCUT2D eigenvalue weighted by Crippen LogP contribution is -2.64. The summed E-state index contributed by atoms with van der Waals surface area (Å²) in [4.78, 5) is 27.3. The number of nitrogens with zero attached hydrogens (tertiary/aromatic N) is 1. The van der Waals surface area contributed by atoms with Crippen molar-refractivity contribution in [1.82, 2.24) is 4.90 Å². The van der Waals surface area contributed by atoms with E-state index in [1.807, 2.05) is 30.3 Å². The van der Waals surface area contributed by atoms with Crippen LogP contribution >= 0.6 is 0 Å². The van der Waals surface area contributed by atoms with Gasteiger partial charge in [-0.25, -0.2) is 4.79 Å². The van der Waals surface area contributed by atoms with Crippen LogP contribution in [0, 0.1) is 0 Å². The number of phenols is 1. The summed E-state index contributed by atoms with van der Waals surface area (Å²) in [7, 11) is 0. The molecule has 1 saturated heterocycles. The number of rotatable bonds is 8. The summed E-state index contributed by atoms with van der Waals surface area (Å²) in [5.41, 5.74) is 0.883. The van der Waals surface area contributed by atoms with Crippen molar-refractivity contribution in [2.75, 3.05) is 13.2 Å². The first-order valence-corrected chi connectivity index (χ1v) is 14.9. The van der Waals surface area contributed by atoms with Gasteiger partial charge in [-0.05, 0) is 62.8 Å². The summed E-state index contributed by atoms with van der Waals surface area (Å²) in [6.07, 6.45) is 0.509. The Morgan fingerprint density at radius 3 is 1.88 bits per heavy atom. The number of carbonyl (C=O) groups is 2. The Hall–Kier alpha value is -3.06. The van der Waals surface area contributed by atoms with Crippen molar-refractivity contribution in [3.8, 4) is 11.5 Å². The van der Waals surface area contributed by atoms with Crippen molar-refractivity contribution in [2.45, 2.75) is 123 Å². The fraction of sp³-hybridized carbons (Fsp3) is 0.600. The van der Waals surface area contributed by atoms with E-state index in [9.17, 15) is 14.7 Å². The third kappa shape index (κ3) is 8.27. The van der Waals surface area contributed by atoms with Crippen molar-refractivity contribution in [3.05, 3.63) is 59.2 Å². The van der Waals surface area contributed by atoms with E-state index < -0.39 is 6.10 Å². The van der Waals surface area contributed by atoms with Gasteiger partial charge in [0.05, 0.1) is 5.56 Å². The fourth-order valence-corrected chi connectivity index (χ4v) is 6.18. The molecule has 1 unspecified atom stereocenters. The Kier molecular flexibility index (Phi) is 9.77. The first-order valence-electron chi connectivity index (χ1n) is 14.9. The highest BCUT2D eigenvalue weighted by Gasteiger charge is 2.47. The van der Waals surface area contributed by atoms with Crippen LogP contribution in [-0.4, -0.2) is 58.4 Å². The lowest BCUT2D eigenvalue weighted by molar-refractivity contribution is -0.155. The average Bonchev–Trinajstić information content (AvgIpc) is 2.83. The van der Waals surface area contributed by atoms with Crippen molar-refractivity contribution < 1.29 is 28.9 Å². The van der Waals surface area contributed by atoms with Gasteiger partial charge < -0.3 is 19.3 Å². The number of ether oxygens (including phenoxy) is 3. The molecule has 7 nitrogen and oxygen atoms in total. The molecule has 0 spiro atoms. The highest BCUT2D eigenvalue weighted by molar-refractivity contribution is 5.89. The molecule has 1 aliphatic rings. The third-order valence-corrected chi connectivity index (χ3v) is 8.05. The molecule has 0 aromatic heterocycles. The largest absolute Gasteiger partial charge is 0.507 e.